The van der Waals surface area contributed by atoms with Crippen LogP contribution in [0, 0.1) is 11.3 Å². The average Bonchev–Trinajstić information content (AvgIpc) is 2.96. The van der Waals surface area contributed by atoms with Crippen LogP contribution in [-0.4, -0.2) is 28.3 Å². The van der Waals surface area contributed by atoms with Crippen molar-refractivity contribution in [2.24, 2.45) is 0 Å². The van der Waals surface area contributed by atoms with E-state index in [9.17, 15) is 20.0 Å². The summed E-state index contributed by atoms with van der Waals surface area (Å²) in [5.74, 6) is -0.297. The summed E-state index contributed by atoms with van der Waals surface area (Å²) in [4.78, 5) is 26.5. The van der Waals surface area contributed by atoms with Crippen molar-refractivity contribution < 1.29 is 19.4 Å². The first-order valence-corrected chi connectivity index (χ1v) is 10.3. The van der Waals surface area contributed by atoms with Gasteiger partial charge in [0.25, 0.3) is 11.1 Å². The maximum absolute atomic E-state index is 12.8. The lowest BCUT2D eigenvalue weighted by Gasteiger charge is -2.13. The molecule has 142 valence electrons. The Hall–Kier alpha value is -2.28. The monoisotopic (exact) mass is 522 g/mol. The Balaban J connectivity index is 1.94. The third kappa shape index (κ3) is 3.81. The second kappa shape index (κ2) is 8.39. The predicted molar refractivity (Wildman–Crippen MR) is 113 cm³/mol. The number of nitrogens with zero attached hydrogens (tertiary/aromatic N) is 2. The van der Waals surface area contributed by atoms with Crippen LogP contribution >= 0.6 is 43.6 Å². The van der Waals surface area contributed by atoms with E-state index in [1.165, 1.54) is 7.11 Å². The van der Waals surface area contributed by atoms with Crippen molar-refractivity contribution in [1.29, 1.82) is 5.26 Å². The van der Waals surface area contributed by atoms with Crippen LogP contribution in [0.5, 0.6) is 11.5 Å². The lowest BCUT2D eigenvalue weighted by atomic mass is 10.1. The third-order valence-corrected chi connectivity index (χ3v) is 7.09. The van der Waals surface area contributed by atoms with Gasteiger partial charge in [-0.2, -0.15) is 5.26 Å². The highest BCUT2D eigenvalue weighted by Gasteiger charge is 2.35. The molecule has 28 heavy (non-hydrogen) atoms. The summed E-state index contributed by atoms with van der Waals surface area (Å²) in [6.45, 7) is 0.0233. The average molecular weight is 524 g/mol. The number of rotatable bonds is 4. The van der Waals surface area contributed by atoms with Gasteiger partial charge in [0, 0.05) is 4.47 Å². The molecule has 1 heterocycles. The Morgan fingerprint density at radius 2 is 2.00 bits per heavy atom. The largest absolute Gasteiger partial charge is 0.503 e. The summed E-state index contributed by atoms with van der Waals surface area (Å²) in [5, 5.41) is 18.8. The van der Waals surface area contributed by atoms with Crippen LogP contribution in [0.4, 0.5) is 4.79 Å². The molecule has 2 aromatic carbocycles. The third-order valence-electron chi connectivity index (χ3n) is 4.02. The van der Waals surface area contributed by atoms with E-state index in [0.717, 1.165) is 16.7 Å². The number of phenols is 1. The minimum absolute atomic E-state index is 0.0233. The topological polar surface area (TPSA) is 90.6 Å². The van der Waals surface area contributed by atoms with Gasteiger partial charge in [-0.15, -0.1) is 0 Å². The highest BCUT2D eigenvalue weighted by atomic mass is 79.9. The SMILES string of the molecule is COc1cc(/C=C2/SC(=O)N(Cc3ccccc3C#N)C2=O)c(Br)c(Br)c1O. The zero-order valence-electron chi connectivity index (χ0n) is 14.4. The zero-order valence-corrected chi connectivity index (χ0v) is 18.4. The number of hydrogen-bond donors (Lipinski definition) is 1. The normalized spacial score (nSPS) is 15.2. The number of amides is 2. The van der Waals surface area contributed by atoms with Crippen LogP contribution in [0.25, 0.3) is 6.08 Å². The Labute approximate surface area is 182 Å². The Morgan fingerprint density at radius 3 is 2.68 bits per heavy atom. The van der Waals surface area contributed by atoms with Crippen LogP contribution in [0.2, 0.25) is 0 Å². The van der Waals surface area contributed by atoms with Crippen LogP contribution in [-0.2, 0) is 11.3 Å². The fraction of sp³-hybridized carbons (Fsp3) is 0.105. The van der Waals surface area contributed by atoms with Gasteiger partial charge in [-0.05, 0) is 73.0 Å². The number of carbonyl (C=O) groups excluding carboxylic acids is 2. The summed E-state index contributed by atoms with van der Waals surface area (Å²) < 4.78 is 6.03. The van der Waals surface area contributed by atoms with Gasteiger partial charge in [0.05, 0.1) is 34.7 Å². The Kier molecular flexibility index (Phi) is 6.13. The molecule has 0 bridgehead atoms. The molecule has 1 aliphatic rings. The van der Waals surface area contributed by atoms with Crippen LogP contribution in [0.3, 0.4) is 0 Å². The Morgan fingerprint density at radius 1 is 1.29 bits per heavy atom. The summed E-state index contributed by atoms with van der Waals surface area (Å²) in [5.41, 5.74) is 1.58. The highest BCUT2D eigenvalue weighted by Crippen LogP contribution is 2.43. The quantitative estimate of drug-likeness (QED) is 0.565. The van der Waals surface area contributed by atoms with Crippen molar-refractivity contribution in [3.8, 4) is 17.6 Å². The lowest BCUT2D eigenvalue weighted by Crippen LogP contribution is -2.27. The molecule has 0 aromatic heterocycles. The summed E-state index contributed by atoms with van der Waals surface area (Å²) in [6.07, 6.45) is 1.55. The molecule has 3 rings (SSSR count). The number of phenolic OH excluding ortho intramolecular Hbond substituents is 1. The van der Waals surface area contributed by atoms with Gasteiger partial charge in [-0.1, -0.05) is 18.2 Å². The van der Waals surface area contributed by atoms with E-state index in [0.29, 0.717) is 25.6 Å². The van der Waals surface area contributed by atoms with E-state index < -0.39 is 11.1 Å². The molecule has 6 nitrogen and oxygen atoms in total. The van der Waals surface area contributed by atoms with Gasteiger partial charge in [-0.3, -0.25) is 14.5 Å². The zero-order chi connectivity index (χ0) is 20.4. The first-order valence-electron chi connectivity index (χ1n) is 7.85. The van der Waals surface area contributed by atoms with E-state index in [-0.39, 0.29) is 22.9 Å². The fourth-order valence-corrected chi connectivity index (χ4v) is 4.26. The number of thioether (sulfide) groups is 1. The number of aromatic hydroxyl groups is 1. The van der Waals surface area contributed by atoms with E-state index in [1.54, 1.807) is 36.4 Å². The van der Waals surface area contributed by atoms with Crippen molar-refractivity contribution >= 4 is 60.8 Å². The number of halogens is 2. The number of methoxy groups -OCH3 is 1. The highest BCUT2D eigenvalue weighted by molar-refractivity contribution is 9.13. The van der Waals surface area contributed by atoms with Crippen molar-refractivity contribution in [3.63, 3.8) is 0 Å². The van der Waals surface area contributed by atoms with Gasteiger partial charge >= 0.3 is 0 Å². The van der Waals surface area contributed by atoms with Crippen molar-refractivity contribution in [3.05, 3.63) is 60.9 Å². The molecule has 2 aromatic rings. The molecule has 0 atom stereocenters. The minimum Gasteiger partial charge on any atom is -0.503 e. The van der Waals surface area contributed by atoms with Crippen LogP contribution in [0.1, 0.15) is 16.7 Å². The molecule has 1 saturated heterocycles. The van der Waals surface area contributed by atoms with Gasteiger partial charge in [0.1, 0.15) is 0 Å². The molecule has 0 aliphatic carbocycles. The van der Waals surface area contributed by atoms with Gasteiger partial charge in [0.15, 0.2) is 11.5 Å². The summed E-state index contributed by atoms with van der Waals surface area (Å²) in [7, 11) is 1.42. The molecule has 1 aliphatic heterocycles. The van der Waals surface area contributed by atoms with Crippen molar-refractivity contribution in [2.75, 3.05) is 7.11 Å². The number of ether oxygens (including phenoxy) is 1. The maximum atomic E-state index is 12.8. The molecule has 1 N–H and O–H groups in total. The summed E-state index contributed by atoms with van der Waals surface area (Å²) in [6, 6.07) is 10.5. The molecule has 0 radical (unpaired) electrons. The van der Waals surface area contributed by atoms with Crippen LogP contribution in [0.15, 0.2) is 44.2 Å². The first-order chi connectivity index (χ1) is 13.4. The molecular weight excluding hydrogens is 512 g/mol. The van der Waals surface area contributed by atoms with Crippen molar-refractivity contribution in [2.45, 2.75) is 6.54 Å². The first kappa shape index (κ1) is 20.5. The van der Waals surface area contributed by atoms with Gasteiger partial charge < -0.3 is 9.84 Å². The lowest BCUT2D eigenvalue weighted by molar-refractivity contribution is -0.123. The van der Waals surface area contributed by atoms with Crippen LogP contribution < -0.4 is 4.74 Å². The number of benzene rings is 2. The molecule has 0 spiro atoms. The van der Waals surface area contributed by atoms with E-state index in [2.05, 4.69) is 37.9 Å². The standard InChI is InChI=1S/C19H12Br2N2O4S/c1-27-13-6-12(15(20)16(21)17(13)24)7-14-18(25)23(19(26)28-14)9-11-5-3-2-4-10(11)8-22/h2-7,24H,9H2,1H3/b14-7+. The molecule has 1 fully saturated rings. The molecule has 0 unspecified atom stereocenters. The van der Waals surface area contributed by atoms with E-state index in [1.807, 2.05) is 0 Å². The second-order valence-corrected chi connectivity index (χ2v) is 8.26. The fourth-order valence-electron chi connectivity index (χ4n) is 2.59. The minimum atomic E-state index is -0.446. The van der Waals surface area contributed by atoms with E-state index >= 15 is 0 Å². The Bertz CT molecular complexity index is 1060. The smallest absolute Gasteiger partial charge is 0.293 e. The number of carbonyl (C=O) groups is 2. The number of hydrogen-bond acceptors (Lipinski definition) is 6. The summed E-state index contributed by atoms with van der Waals surface area (Å²) >= 11 is 7.44. The number of nitriles is 1. The van der Waals surface area contributed by atoms with E-state index in [4.69, 9.17) is 4.74 Å². The molecular formula is C19H12Br2N2O4S. The van der Waals surface area contributed by atoms with Gasteiger partial charge in [0.2, 0.25) is 0 Å². The number of imide groups is 1. The van der Waals surface area contributed by atoms with Crippen molar-refractivity contribution in [1.82, 2.24) is 4.90 Å². The maximum Gasteiger partial charge on any atom is 0.293 e. The second-order valence-electron chi connectivity index (χ2n) is 5.68. The molecule has 0 saturated carbocycles. The molecule has 9 heteroatoms. The molecule has 2 amide bonds. The van der Waals surface area contributed by atoms with Gasteiger partial charge in [-0.25, -0.2) is 0 Å². The predicted octanol–water partition coefficient (Wildman–Crippen LogP) is 5.03.